The van der Waals surface area contributed by atoms with Crippen LogP contribution in [0.1, 0.15) is 25.7 Å². The van der Waals surface area contributed by atoms with Gasteiger partial charge in [-0.1, -0.05) is 6.07 Å². The number of nitrogens with zero attached hydrogens (tertiary/aromatic N) is 3. The van der Waals surface area contributed by atoms with Crippen LogP contribution in [-0.2, 0) is 6.54 Å². The standard InChI is InChI=1S/C21H30N4O2/c1-27-19-4-2-3-18(13-19)25-8-5-17(6-9-25)23-20-11-16(12-21(20)26)14-24-10-7-22-15-24/h2-4,7,10,13,15-17,20-21,23,26H,5-6,8-9,11-12,14H2,1H3/t16?,20-,21-/m1/s1. The summed E-state index contributed by atoms with van der Waals surface area (Å²) >= 11 is 0. The van der Waals surface area contributed by atoms with E-state index in [4.69, 9.17) is 4.74 Å². The van der Waals surface area contributed by atoms with Crippen molar-refractivity contribution in [3.63, 3.8) is 0 Å². The molecule has 2 heterocycles. The summed E-state index contributed by atoms with van der Waals surface area (Å²) in [6.45, 7) is 3.02. The average molecular weight is 370 g/mol. The van der Waals surface area contributed by atoms with Crippen LogP contribution in [0.2, 0.25) is 0 Å². The Hall–Kier alpha value is -2.05. The van der Waals surface area contributed by atoms with Crippen molar-refractivity contribution in [3.8, 4) is 5.75 Å². The van der Waals surface area contributed by atoms with Gasteiger partial charge in [0.25, 0.3) is 0 Å². The number of aromatic nitrogens is 2. The van der Waals surface area contributed by atoms with Crippen LogP contribution in [-0.4, -0.2) is 53.0 Å². The highest BCUT2D eigenvalue weighted by Crippen LogP contribution is 2.29. The lowest BCUT2D eigenvalue weighted by Gasteiger charge is -2.36. The molecule has 1 aliphatic carbocycles. The Morgan fingerprint density at radius 3 is 2.85 bits per heavy atom. The third kappa shape index (κ3) is 4.45. The second kappa shape index (κ2) is 8.31. The summed E-state index contributed by atoms with van der Waals surface area (Å²) in [5.74, 6) is 1.43. The van der Waals surface area contributed by atoms with Gasteiger partial charge in [0.15, 0.2) is 0 Å². The number of anilines is 1. The zero-order valence-electron chi connectivity index (χ0n) is 16.0. The van der Waals surface area contributed by atoms with Gasteiger partial charge < -0.3 is 24.6 Å². The molecule has 2 N–H and O–H groups in total. The fourth-order valence-corrected chi connectivity index (χ4v) is 4.55. The molecule has 1 aromatic carbocycles. The highest BCUT2D eigenvalue weighted by Gasteiger charge is 2.34. The Morgan fingerprint density at radius 2 is 2.11 bits per heavy atom. The SMILES string of the molecule is COc1cccc(N2CCC(N[C@@H]3CC(Cn4ccnc4)C[C@H]3O)CC2)c1. The summed E-state index contributed by atoms with van der Waals surface area (Å²) in [5, 5.41) is 14.2. The minimum Gasteiger partial charge on any atom is -0.497 e. The van der Waals surface area contributed by atoms with Crippen molar-refractivity contribution in [3.05, 3.63) is 43.0 Å². The third-order valence-electron chi connectivity index (χ3n) is 6.02. The van der Waals surface area contributed by atoms with E-state index >= 15 is 0 Å². The van der Waals surface area contributed by atoms with Crippen LogP contribution >= 0.6 is 0 Å². The topological polar surface area (TPSA) is 62.5 Å². The highest BCUT2D eigenvalue weighted by atomic mass is 16.5. The number of hydrogen-bond acceptors (Lipinski definition) is 5. The lowest BCUT2D eigenvalue weighted by Crippen LogP contribution is -2.48. The molecule has 4 rings (SSSR count). The monoisotopic (exact) mass is 370 g/mol. The summed E-state index contributed by atoms with van der Waals surface area (Å²) in [6.07, 6.45) is 9.56. The van der Waals surface area contributed by atoms with E-state index in [2.05, 4.69) is 31.9 Å². The van der Waals surface area contributed by atoms with E-state index in [1.165, 1.54) is 5.69 Å². The van der Waals surface area contributed by atoms with Crippen molar-refractivity contribution in [1.82, 2.24) is 14.9 Å². The van der Waals surface area contributed by atoms with Gasteiger partial charge in [0, 0.05) is 55.9 Å². The number of benzene rings is 1. The van der Waals surface area contributed by atoms with E-state index in [1.54, 1.807) is 7.11 Å². The maximum atomic E-state index is 10.5. The van der Waals surface area contributed by atoms with Gasteiger partial charge in [0.2, 0.25) is 0 Å². The van der Waals surface area contributed by atoms with Crippen LogP contribution in [0.4, 0.5) is 5.69 Å². The predicted octanol–water partition coefficient (Wildman–Crippen LogP) is 2.29. The highest BCUT2D eigenvalue weighted by molar-refractivity contribution is 5.51. The number of ether oxygens (including phenoxy) is 1. The van der Waals surface area contributed by atoms with E-state index in [0.29, 0.717) is 12.0 Å². The van der Waals surface area contributed by atoms with Gasteiger partial charge in [-0.15, -0.1) is 0 Å². The first-order chi connectivity index (χ1) is 13.2. The Kier molecular flexibility index (Phi) is 5.64. The molecule has 2 aliphatic rings. The largest absolute Gasteiger partial charge is 0.497 e. The number of hydrogen-bond donors (Lipinski definition) is 2. The van der Waals surface area contributed by atoms with Gasteiger partial charge in [0.1, 0.15) is 5.75 Å². The molecule has 6 nitrogen and oxygen atoms in total. The van der Waals surface area contributed by atoms with Gasteiger partial charge >= 0.3 is 0 Å². The van der Waals surface area contributed by atoms with Gasteiger partial charge in [-0.25, -0.2) is 4.98 Å². The van der Waals surface area contributed by atoms with Gasteiger partial charge in [-0.05, 0) is 43.7 Å². The predicted molar refractivity (Wildman–Crippen MR) is 106 cm³/mol. The van der Waals surface area contributed by atoms with E-state index < -0.39 is 0 Å². The van der Waals surface area contributed by atoms with Crippen molar-refractivity contribution < 1.29 is 9.84 Å². The average Bonchev–Trinajstić information content (AvgIpc) is 3.32. The zero-order valence-corrected chi connectivity index (χ0v) is 16.0. The number of rotatable bonds is 6. The van der Waals surface area contributed by atoms with Crippen molar-refractivity contribution in [1.29, 1.82) is 0 Å². The van der Waals surface area contributed by atoms with Crippen LogP contribution in [0.15, 0.2) is 43.0 Å². The number of aliphatic hydroxyl groups is 1. The number of piperidine rings is 1. The van der Waals surface area contributed by atoms with Crippen molar-refractivity contribution in [2.45, 2.75) is 50.4 Å². The van der Waals surface area contributed by atoms with Crippen LogP contribution in [0.3, 0.4) is 0 Å². The molecular formula is C21H30N4O2. The maximum Gasteiger partial charge on any atom is 0.120 e. The van der Waals surface area contributed by atoms with Crippen molar-refractivity contribution >= 4 is 5.69 Å². The molecule has 1 saturated heterocycles. The molecule has 0 bridgehead atoms. The van der Waals surface area contributed by atoms with E-state index in [-0.39, 0.29) is 12.1 Å². The Labute approximate surface area is 161 Å². The fourth-order valence-electron chi connectivity index (χ4n) is 4.55. The lowest BCUT2D eigenvalue weighted by atomic mass is 10.0. The van der Waals surface area contributed by atoms with Crippen molar-refractivity contribution in [2.75, 3.05) is 25.1 Å². The van der Waals surface area contributed by atoms with E-state index in [0.717, 1.165) is 51.1 Å². The number of nitrogens with one attached hydrogen (secondary N) is 1. The Morgan fingerprint density at radius 1 is 1.26 bits per heavy atom. The second-order valence-electron chi connectivity index (χ2n) is 7.90. The number of aliphatic hydroxyl groups excluding tert-OH is 1. The molecule has 0 spiro atoms. The molecule has 146 valence electrons. The smallest absolute Gasteiger partial charge is 0.120 e. The first-order valence-electron chi connectivity index (χ1n) is 10.00. The van der Waals surface area contributed by atoms with Gasteiger partial charge in [-0.2, -0.15) is 0 Å². The normalized spacial score (nSPS) is 26.4. The molecular weight excluding hydrogens is 340 g/mol. The molecule has 1 aromatic heterocycles. The lowest BCUT2D eigenvalue weighted by molar-refractivity contribution is 0.137. The number of methoxy groups -OCH3 is 1. The summed E-state index contributed by atoms with van der Waals surface area (Å²) in [5.41, 5.74) is 1.23. The molecule has 1 saturated carbocycles. The molecule has 1 unspecified atom stereocenters. The van der Waals surface area contributed by atoms with Crippen LogP contribution in [0.25, 0.3) is 0 Å². The second-order valence-corrected chi connectivity index (χ2v) is 7.90. The number of imidazole rings is 1. The Bertz CT molecular complexity index is 713. The summed E-state index contributed by atoms with van der Waals surface area (Å²) in [6, 6.07) is 8.99. The van der Waals surface area contributed by atoms with E-state index in [1.807, 2.05) is 30.9 Å². The molecule has 27 heavy (non-hydrogen) atoms. The molecule has 2 fully saturated rings. The Balaban J connectivity index is 1.26. The molecule has 2 aromatic rings. The molecule has 6 heteroatoms. The zero-order chi connectivity index (χ0) is 18.6. The van der Waals surface area contributed by atoms with Crippen LogP contribution in [0, 0.1) is 5.92 Å². The van der Waals surface area contributed by atoms with E-state index in [9.17, 15) is 5.11 Å². The molecule has 1 aliphatic heterocycles. The first-order valence-corrected chi connectivity index (χ1v) is 10.00. The van der Waals surface area contributed by atoms with Crippen LogP contribution in [0.5, 0.6) is 5.75 Å². The first kappa shape index (κ1) is 18.3. The summed E-state index contributed by atoms with van der Waals surface area (Å²) in [7, 11) is 1.71. The minimum absolute atomic E-state index is 0.215. The minimum atomic E-state index is -0.241. The van der Waals surface area contributed by atoms with Crippen molar-refractivity contribution in [2.24, 2.45) is 5.92 Å². The maximum absolute atomic E-state index is 10.5. The summed E-state index contributed by atoms with van der Waals surface area (Å²) in [4.78, 5) is 6.54. The van der Waals surface area contributed by atoms with Gasteiger partial charge in [-0.3, -0.25) is 0 Å². The molecule has 3 atom stereocenters. The molecule has 0 radical (unpaired) electrons. The van der Waals surface area contributed by atoms with Gasteiger partial charge in [0.05, 0.1) is 19.5 Å². The molecule has 0 amide bonds. The van der Waals surface area contributed by atoms with Crippen LogP contribution < -0.4 is 15.0 Å². The fraction of sp³-hybridized carbons (Fsp3) is 0.571. The summed E-state index contributed by atoms with van der Waals surface area (Å²) < 4.78 is 7.46. The quantitative estimate of drug-likeness (QED) is 0.817. The third-order valence-corrected chi connectivity index (χ3v) is 6.02.